The summed E-state index contributed by atoms with van der Waals surface area (Å²) in [7, 11) is 0. The third-order valence-corrected chi connectivity index (χ3v) is 3.82. The number of hydrogen-bond donors (Lipinski definition) is 1. The molecule has 1 N–H and O–H groups in total. The van der Waals surface area contributed by atoms with Crippen molar-refractivity contribution < 1.29 is 9.59 Å². The van der Waals surface area contributed by atoms with E-state index in [1.54, 1.807) is 18.3 Å². The normalized spacial score (nSPS) is 11.9. The lowest BCUT2D eigenvalue weighted by molar-refractivity contribution is -0.118. The van der Waals surface area contributed by atoms with Crippen LogP contribution in [0, 0.1) is 0 Å². The fraction of sp³-hybridized carbons (Fsp3) is 0.500. The van der Waals surface area contributed by atoms with Gasteiger partial charge >= 0.3 is 0 Å². The minimum atomic E-state index is -0.529. The predicted molar refractivity (Wildman–Crippen MR) is 83.1 cm³/mol. The standard InChI is InChI=1S/C14H18BrClN2O2/c1-2-3-4-7-11(12(19)9-16)18-14(20)10-6-5-8-17-13(10)15/h5-6,8,11H,2-4,7,9H2,1H3,(H,18,20)/t11-/m0/s1. The van der Waals surface area contributed by atoms with Crippen molar-refractivity contribution in [2.24, 2.45) is 0 Å². The number of rotatable bonds is 8. The molecule has 0 aliphatic rings. The van der Waals surface area contributed by atoms with Crippen LogP contribution in [0.4, 0.5) is 0 Å². The number of alkyl halides is 1. The van der Waals surface area contributed by atoms with E-state index in [-0.39, 0.29) is 17.6 Å². The van der Waals surface area contributed by atoms with Crippen LogP contribution in [-0.4, -0.2) is 28.6 Å². The molecule has 20 heavy (non-hydrogen) atoms. The average molecular weight is 362 g/mol. The number of nitrogens with zero attached hydrogens (tertiary/aromatic N) is 1. The summed E-state index contributed by atoms with van der Waals surface area (Å²) in [5, 5.41) is 2.74. The first-order valence-electron chi connectivity index (χ1n) is 6.60. The van der Waals surface area contributed by atoms with Crippen molar-refractivity contribution in [3.8, 4) is 0 Å². The van der Waals surface area contributed by atoms with E-state index in [1.165, 1.54) is 0 Å². The number of hydrogen-bond acceptors (Lipinski definition) is 3. The molecule has 0 saturated carbocycles. The number of aromatic nitrogens is 1. The van der Waals surface area contributed by atoms with E-state index in [9.17, 15) is 9.59 Å². The van der Waals surface area contributed by atoms with Gasteiger partial charge in [0.25, 0.3) is 5.91 Å². The molecule has 0 spiro atoms. The molecule has 1 aromatic rings. The van der Waals surface area contributed by atoms with Gasteiger partial charge in [0.2, 0.25) is 0 Å². The van der Waals surface area contributed by atoms with Gasteiger partial charge in [-0.3, -0.25) is 9.59 Å². The first kappa shape index (κ1) is 17.1. The molecule has 0 aliphatic carbocycles. The highest BCUT2D eigenvalue weighted by molar-refractivity contribution is 9.10. The maximum Gasteiger partial charge on any atom is 0.254 e. The third-order valence-electron chi connectivity index (χ3n) is 2.93. The minimum Gasteiger partial charge on any atom is -0.342 e. The quantitative estimate of drug-likeness (QED) is 0.439. The van der Waals surface area contributed by atoms with Crippen LogP contribution in [0.2, 0.25) is 0 Å². The highest BCUT2D eigenvalue weighted by Crippen LogP contribution is 2.13. The number of pyridine rings is 1. The van der Waals surface area contributed by atoms with Crippen molar-refractivity contribution in [1.29, 1.82) is 0 Å². The SMILES string of the molecule is CCCCC[C@H](NC(=O)c1cccnc1Br)C(=O)CCl. The molecule has 0 aromatic carbocycles. The third kappa shape index (κ3) is 5.21. The van der Waals surface area contributed by atoms with Gasteiger partial charge in [-0.15, -0.1) is 11.6 Å². The van der Waals surface area contributed by atoms with Gasteiger partial charge in [-0.25, -0.2) is 4.98 Å². The Balaban J connectivity index is 2.71. The Kier molecular flexibility index (Phi) is 7.77. The second kappa shape index (κ2) is 9.08. The molecular formula is C14H18BrClN2O2. The van der Waals surface area contributed by atoms with E-state index >= 15 is 0 Å². The van der Waals surface area contributed by atoms with Crippen molar-refractivity contribution in [2.75, 3.05) is 5.88 Å². The van der Waals surface area contributed by atoms with E-state index in [2.05, 4.69) is 33.2 Å². The average Bonchev–Trinajstić information content (AvgIpc) is 2.45. The maximum absolute atomic E-state index is 12.2. The largest absolute Gasteiger partial charge is 0.342 e. The summed E-state index contributed by atoms with van der Waals surface area (Å²) >= 11 is 8.82. The fourth-order valence-electron chi connectivity index (χ4n) is 1.80. The van der Waals surface area contributed by atoms with Crippen LogP contribution >= 0.6 is 27.5 Å². The van der Waals surface area contributed by atoms with Crippen molar-refractivity contribution in [3.05, 3.63) is 28.5 Å². The lowest BCUT2D eigenvalue weighted by atomic mass is 10.0. The van der Waals surface area contributed by atoms with Crippen LogP contribution in [0.5, 0.6) is 0 Å². The summed E-state index contributed by atoms with van der Waals surface area (Å²) in [6.45, 7) is 2.09. The minimum absolute atomic E-state index is 0.0920. The Morgan fingerprint density at radius 3 is 2.80 bits per heavy atom. The molecule has 4 nitrogen and oxygen atoms in total. The second-order valence-electron chi connectivity index (χ2n) is 4.46. The molecule has 1 amide bonds. The van der Waals surface area contributed by atoms with Crippen molar-refractivity contribution in [2.45, 2.75) is 38.6 Å². The molecule has 0 unspecified atom stereocenters. The summed E-state index contributed by atoms with van der Waals surface area (Å²) in [4.78, 5) is 27.9. The van der Waals surface area contributed by atoms with Gasteiger partial charge in [0.15, 0.2) is 5.78 Å². The van der Waals surface area contributed by atoms with E-state index in [0.717, 1.165) is 19.3 Å². The number of Topliss-reactive ketones (excluding diaryl/α,β-unsaturated/α-hetero) is 1. The summed E-state index contributed by atoms with van der Waals surface area (Å²) in [5.74, 6) is -0.563. The summed E-state index contributed by atoms with van der Waals surface area (Å²) in [6, 6.07) is 2.80. The highest BCUT2D eigenvalue weighted by Gasteiger charge is 2.21. The molecule has 0 bridgehead atoms. The molecular weight excluding hydrogens is 344 g/mol. The molecule has 1 rings (SSSR count). The summed E-state index contributed by atoms with van der Waals surface area (Å²) in [5.41, 5.74) is 0.412. The van der Waals surface area contributed by atoms with Gasteiger partial charge < -0.3 is 5.32 Å². The van der Waals surface area contributed by atoms with Crippen molar-refractivity contribution in [3.63, 3.8) is 0 Å². The van der Waals surface area contributed by atoms with Crippen molar-refractivity contribution in [1.82, 2.24) is 10.3 Å². The molecule has 0 aliphatic heterocycles. The van der Waals surface area contributed by atoms with Crippen LogP contribution in [0.1, 0.15) is 43.0 Å². The molecule has 1 atom stereocenters. The number of unbranched alkanes of at least 4 members (excludes halogenated alkanes) is 2. The van der Waals surface area contributed by atoms with Gasteiger partial charge in [0.1, 0.15) is 4.60 Å². The van der Waals surface area contributed by atoms with Gasteiger partial charge in [0.05, 0.1) is 17.5 Å². The summed E-state index contributed by atoms with van der Waals surface area (Å²) < 4.78 is 0.461. The summed E-state index contributed by atoms with van der Waals surface area (Å²) in [6.07, 6.45) is 5.17. The van der Waals surface area contributed by atoms with Crippen molar-refractivity contribution >= 4 is 39.2 Å². The van der Waals surface area contributed by atoms with Gasteiger partial charge in [-0.2, -0.15) is 0 Å². The Morgan fingerprint density at radius 1 is 1.45 bits per heavy atom. The Labute approximate surface area is 132 Å². The Morgan fingerprint density at radius 2 is 2.20 bits per heavy atom. The van der Waals surface area contributed by atoms with E-state index in [1.807, 2.05) is 0 Å². The molecule has 110 valence electrons. The smallest absolute Gasteiger partial charge is 0.254 e. The number of carbonyl (C=O) groups excluding carboxylic acids is 2. The monoisotopic (exact) mass is 360 g/mol. The molecule has 1 aromatic heterocycles. The number of carbonyl (C=O) groups is 2. The van der Waals surface area contributed by atoms with E-state index < -0.39 is 6.04 Å². The Bertz CT molecular complexity index is 468. The van der Waals surface area contributed by atoms with Crippen LogP contribution in [0.15, 0.2) is 22.9 Å². The van der Waals surface area contributed by atoms with Gasteiger partial charge in [-0.05, 0) is 34.5 Å². The fourth-order valence-corrected chi connectivity index (χ4v) is 2.41. The van der Waals surface area contributed by atoms with E-state index in [0.29, 0.717) is 16.6 Å². The zero-order valence-corrected chi connectivity index (χ0v) is 13.7. The zero-order chi connectivity index (χ0) is 15.0. The Hall–Kier alpha value is -0.940. The molecule has 1 heterocycles. The highest BCUT2D eigenvalue weighted by atomic mass is 79.9. The van der Waals surface area contributed by atoms with Gasteiger partial charge in [-0.1, -0.05) is 26.2 Å². The van der Waals surface area contributed by atoms with Crippen LogP contribution < -0.4 is 5.32 Å². The van der Waals surface area contributed by atoms with Gasteiger partial charge in [0, 0.05) is 6.20 Å². The van der Waals surface area contributed by atoms with E-state index in [4.69, 9.17) is 11.6 Å². The van der Waals surface area contributed by atoms with Crippen LogP contribution in [0.3, 0.4) is 0 Å². The molecule has 6 heteroatoms. The number of amides is 1. The maximum atomic E-state index is 12.2. The number of ketones is 1. The molecule has 0 fully saturated rings. The first-order valence-corrected chi connectivity index (χ1v) is 7.93. The van der Waals surface area contributed by atoms with Crippen LogP contribution in [0.25, 0.3) is 0 Å². The number of nitrogens with one attached hydrogen (secondary N) is 1. The second-order valence-corrected chi connectivity index (χ2v) is 5.48. The number of halogens is 2. The lowest BCUT2D eigenvalue weighted by Crippen LogP contribution is -2.41. The van der Waals surface area contributed by atoms with Crippen LogP contribution in [-0.2, 0) is 4.79 Å². The first-order chi connectivity index (χ1) is 9.60. The lowest BCUT2D eigenvalue weighted by Gasteiger charge is -2.16. The topological polar surface area (TPSA) is 59.1 Å². The zero-order valence-electron chi connectivity index (χ0n) is 11.4. The molecule has 0 radical (unpaired) electrons. The predicted octanol–water partition coefficient (Wildman–Crippen LogP) is 3.33. The molecule has 0 saturated heterocycles.